The van der Waals surface area contributed by atoms with Crippen molar-refractivity contribution in [2.24, 2.45) is 0 Å². The zero-order valence-corrected chi connectivity index (χ0v) is 13.9. The van der Waals surface area contributed by atoms with Crippen molar-refractivity contribution < 1.29 is 24.3 Å². The molecule has 1 aliphatic rings. The lowest BCUT2D eigenvalue weighted by molar-refractivity contribution is -0.872. The number of carbonyl (C=O) groups excluding carboxylic acids is 1. The SMILES string of the molecule is COc1ccc(C=C2Oc3c(ccc([O-])c3C[NH+](C)C)C2=O)cc1. The maximum absolute atomic E-state index is 12.5. The normalized spacial score (nSPS) is 14.8. The molecule has 0 atom stereocenters. The van der Waals surface area contributed by atoms with Crippen LogP contribution in [0.3, 0.4) is 0 Å². The monoisotopic (exact) mass is 325 g/mol. The van der Waals surface area contributed by atoms with E-state index in [4.69, 9.17) is 9.47 Å². The quantitative estimate of drug-likeness (QED) is 0.853. The van der Waals surface area contributed by atoms with Gasteiger partial charge in [0.25, 0.3) is 0 Å². The molecule has 0 unspecified atom stereocenters. The second-order valence-corrected chi connectivity index (χ2v) is 6.02. The number of nitrogens with one attached hydrogen (secondary N) is 1. The molecule has 2 aromatic rings. The molecule has 0 fully saturated rings. The molecule has 1 N–H and O–H groups in total. The second-order valence-electron chi connectivity index (χ2n) is 6.02. The Bertz CT molecular complexity index is 807. The van der Waals surface area contributed by atoms with Crippen molar-refractivity contribution in [3.8, 4) is 17.2 Å². The summed E-state index contributed by atoms with van der Waals surface area (Å²) in [7, 11) is 5.50. The van der Waals surface area contributed by atoms with Crippen LogP contribution in [0.1, 0.15) is 21.5 Å². The zero-order chi connectivity index (χ0) is 17.3. The van der Waals surface area contributed by atoms with E-state index in [1.165, 1.54) is 6.07 Å². The fourth-order valence-electron chi connectivity index (χ4n) is 2.66. The molecule has 3 rings (SSSR count). The summed E-state index contributed by atoms with van der Waals surface area (Å²) < 4.78 is 10.9. The number of benzene rings is 2. The molecule has 0 saturated heterocycles. The maximum Gasteiger partial charge on any atom is 0.231 e. The molecule has 0 spiro atoms. The van der Waals surface area contributed by atoms with E-state index in [0.717, 1.165) is 16.2 Å². The van der Waals surface area contributed by atoms with Crippen molar-refractivity contribution in [1.82, 2.24) is 0 Å². The molecule has 0 saturated carbocycles. The van der Waals surface area contributed by atoms with Crippen LogP contribution in [0, 0.1) is 0 Å². The van der Waals surface area contributed by atoms with Gasteiger partial charge < -0.3 is 19.5 Å². The Morgan fingerprint density at radius 2 is 1.88 bits per heavy atom. The van der Waals surface area contributed by atoms with Gasteiger partial charge in [-0.3, -0.25) is 4.79 Å². The number of methoxy groups -OCH3 is 1. The summed E-state index contributed by atoms with van der Waals surface area (Å²) in [6.45, 7) is 0.505. The predicted molar refractivity (Wildman–Crippen MR) is 88.3 cm³/mol. The number of hydrogen-bond donors (Lipinski definition) is 1. The Morgan fingerprint density at radius 3 is 2.50 bits per heavy atom. The first-order chi connectivity index (χ1) is 11.5. The first-order valence-corrected chi connectivity index (χ1v) is 7.70. The average molecular weight is 325 g/mol. The average Bonchev–Trinajstić information content (AvgIpc) is 2.87. The van der Waals surface area contributed by atoms with Gasteiger partial charge in [-0.25, -0.2) is 0 Å². The topological polar surface area (TPSA) is 63.0 Å². The fourth-order valence-corrected chi connectivity index (χ4v) is 2.66. The van der Waals surface area contributed by atoms with Gasteiger partial charge in [0.1, 0.15) is 18.0 Å². The molecule has 0 aliphatic carbocycles. The maximum atomic E-state index is 12.5. The van der Waals surface area contributed by atoms with E-state index in [9.17, 15) is 9.90 Å². The number of allylic oxidation sites excluding steroid dienone is 1. The molecular weight excluding hydrogens is 306 g/mol. The molecule has 1 heterocycles. The van der Waals surface area contributed by atoms with Crippen LogP contribution in [0.4, 0.5) is 0 Å². The standard InChI is InChI=1S/C19H19NO4/c1-20(2)11-15-16(21)9-8-14-18(22)17(24-19(14)15)10-12-4-6-13(23-3)7-5-12/h4-10,21H,11H2,1-3H3. The van der Waals surface area contributed by atoms with Crippen molar-refractivity contribution in [3.63, 3.8) is 0 Å². The number of quaternary nitrogens is 1. The summed E-state index contributed by atoms with van der Waals surface area (Å²) in [6.07, 6.45) is 1.68. The van der Waals surface area contributed by atoms with Crippen molar-refractivity contribution in [1.29, 1.82) is 0 Å². The molecular formula is C19H19NO4. The van der Waals surface area contributed by atoms with Gasteiger partial charge >= 0.3 is 0 Å². The van der Waals surface area contributed by atoms with Gasteiger partial charge in [0.15, 0.2) is 5.76 Å². The van der Waals surface area contributed by atoms with Gasteiger partial charge in [0.2, 0.25) is 5.78 Å². The third-order valence-electron chi connectivity index (χ3n) is 3.84. The van der Waals surface area contributed by atoms with Crippen LogP contribution in [0.2, 0.25) is 0 Å². The summed E-state index contributed by atoms with van der Waals surface area (Å²) in [5, 5.41) is 12.1. The van der Waals surface area contributed by atoms with Crippen molar-refractivity contribution in [2.45, 2.75) is 6.54 Å². The van der Waals surface area contributed by atoms with Gasteiger partial charge in [-0.2, -0.15) is 0 Å². The number of Topliss-reactive ketones (excluding diaryl/α,β-unsaturated/α-hetero) is 1. The molecule has 0 radical (unpaired) electrons. The molecule has 0 bridgehead atoms. The van der Waals surface area contributed by atoms with Crippen LogP contribution < -0.4 is 19.5 Å². The van der Waals surface area contributed by atoms with Crippen molar-refractivity contribution >= 4 is 11.9 Å². The molecule has 5 nitrogen and oxygen atoms in total. The van der Waals surface area contributed by atoms with E-state index in [2.05, 4.69) is 0 Å². The Hall–Kier alpha value is -2.79. The number of hydrogen-bond acceptors (Lipinski definition) is 4. The van der Waals surface area contributed by atoms with Gasteiger partial charge in [0, 0.05) is 5.56 Å². The van der Waals surface area contributed by atoms with E-state index in [-0.39, 0.29) is 17.3 Å². The lowest BCUT2D eigenvalue weighted by atomic mass is 10.0. The number of ether oxygens (including phenoxy) is 2. The van der Waals surface area contributed by atoms with E-state index in [0.29, 0.717) is 23.4 Å². The highest BCUT2D eigenvalue weighted by Gasteiger charge is 2.30. The minimum absolute atomic E-state index is 0.103. The summed E-state index contributed by atoms with van der Waals surface area (Å²) >= 11 is 0. The lowest BCUT2D eigenvalue weighted by Gasteiger charge is -2.17. The van der Waals surface area contributed by atoms with Gasteiger partial charge in [-0.15, -0.1) is 0 Å². The number of carbonyl (C=O) groups is 1. The summed E-state index contributed by atoms with van der Waals surface area (Å²) in [4.78, 5) is 13.6. The Morgan fingerprint density at radius 1 is 1.17 bits per heavy atom. The van der Waals surface area contributed by atoms with Crippen LogP contribution in [-0.2, 0) is 6.54 Å². The molecule has 0 amide bonds. The first kappa shape index (κ1) is 16.1. The van der Waals surface area contributed by atoms with E-state index < -0.39 is 0 Å². The van der Waals surface area contributed by atoms with E-state index in [1.807, 2.05) is 38.4 Å². The number of rotatable bonds is 4. The van der Waals surface area contributed by atoms with Crippen molar-refractivity contribution in [3.05, 3.63) is 58.8 Å². The van der Waals surface area contributed by atoms with Gasteiger partial charge in [-0.05, 0) is 29.8 Å². The van der Waals surface area contributed by atoms with Crippen LogP contribution in [0.25, 0.3) is 6.08 Å². The highest BCUT2D eigenvalue weighted by atomic mass is 16.5. The zero-order valence-electron chi connectivity index (χ0n) is 13.9. The van der Waals surface area contributed by atoms with E-state index in [1.54, 1.807) is 19.3 Å². The highest BCUT2D eigenvalue weighted by molar-refractivity contribution is 6.14. The minimum Gasteiger partial charge on any atom is -0.872 e. The van der Waals surface area contributed by atoms with E-state index >= 15 is 0 Å². The fraction of sp³-hybridized carbons (Fsp3) is 0.211. The third kappa shape index (κ3) is 2.98. The second kappa shape index (κ2) is 6.37. The minimum atomic E-state index is -0.198. The smallest absolute Gasteiger partial charge is 0.231 e. The molecule has 5 heteroatoms. The van der Waals surface area contributed by atoms with Gasteiger partial charge in [-0.1, -0.05) is 23.9 Å². The summed E-state index contributed by atoms with van der Waals surface area (Å²) in [5.74, 6) is 1.07. The van der Waals surface area contributed by atoms with Crippen LogP contribution in [0.5, 0.6) is 17.2 Å². The number of ketones is 1. The predicted octanol–water partition coefficient (Wildman–Crippen LogP) is 1.03. The lowest BCUT2D eigenvalue weighted by Crippen LogP contribution is -3.04. The highest BCUT2D eigenvalue weighted by Crippen LogP contribution is 2.38. The molecule has 2 aromatic carbocycles. The van der Waals surface area contributed by atoms with Crippen molar-refractivity contribution in [2.75, 3.05) is 21.2 Å². The summed E-state index contributed by atoms with van der Waals surface area (Å²) in [5.41, 5.74) is 1.82. The molecule has 0 aromatic heterocycles. The third-order valence-corrected chi connectivity index (χ3v) is 3.84. The molecule has 124 valence electrons. The van der Waals surface area contributed by atoms with Crippen LogP contribution >= 0.6 is 0 Å². The molecule has 24 heavy (non-hydrogen) atoms. The number of fused-ring (bicyclic) bond motifs is 1. The molecule has 1 aliphatic heterocycles. The Kier molecular flexibility index (Phi) is 4.27. The largest absolute Gasteiger partial charge is 0.872 e. The Balaban J connectivity index is 1.96. The summed E-state index contributed by atoms with van der Waals surface area (Å²) in [6, 6.07) is 10.3. The van der Waals surface area contributed by atoms with Crippen LogP contribution in [0.15, 0.2) is 42.2 Å². The van der Waals surface area contributed by atoms with Crippen LogP contribution in [-0.4, -0.2) is 27.0 Å². The van der Waals surface area contributed by atoms with Gasteiger partial charge in [0.05, 0.1) is 26.8 Å². The Labute approximate surface area is 140 Å². The first-order valence-electron chi connectivity index (χ1n) is 7.70.